The van der Waals surface area contributed by atoms with Crippen molar-refractivity contribution in [2.45, 2.75) is 11.8 Å². The maximum atomic E-state index is 12.5. The highest BCUT2D eigenvalue weighted by molar-refractivity contribution is 7.92. The Morgan fingerprint density at radius 2 is 1.57 bits per heavy atom. The van der Waals surface area contributed by atoms with Crippen LogP contribution in [0.1, 0.15) is 15.9 Å². The van der Waals surface area contributed by atoms with Crippen molar-refractivity contribution in [1.82, 2.24) is 0 Å². The van der Waals surface area contributed by atoms with E-state index in [-0.39, 0.29) is 16.1 Å². The molecule has 8 nitrogen and oxygen atoms in total. The minimum atomic E-state index is -3.82. The number of nitrogens with one attached hydrogen (secondary N) is 2. The molecule has 0 unspecified atom stereocenters. The molecule has 0 aliphatic rings. The molecule has 3 aromatic carbocycles. The van der Waals surface area contributed by atoms with Gasteiger partial charge in [-0.15, -0.1) is 0 Å². The minimum Gasteiger partial charge on any atom is -0.322 e. The summed E-state index contributed by atoms with van der Waals surface area (Å²) in [6.07, 6.45) is 0. The predicted molar refractivity (Wildman–Crippen MR) is 114 cm³/mol. The summed E-state index contributed by atoms with van der Waals surface area (Å²) in [6.45, 7) is 1.58. The summed E-state index contributed by atoms with van der Waals surface area (Å²) in [6, 6.07) is 15.9. The number of carbonyl (C=O) groups is 1. The molecule has 0 saturated heterocycles. The Bertz CT molecular complexity index is 1210. The first-order valence-corrected chi connectivity index (χ1v) is 10.5. The number of rotatable bonds is 6. The summed E-state index contributed by atoms with van der Waals surface area (Å²) >= 11 is 5.79. The van der Waals surface area contributed by atoms with Crippen LogP contribution in [0.15, 0.2) is 71.6 Å². The molecule has 0 aliphatic heterocycles. The van der Waals surface area contributed by atoms with E-state index in [1.165, 1.54) is 54.6 Å². The Morgan fingerprint density at radius 3 is 2.17 bits per heavy atom. The van der Waals surface area contributed by atoms with Crippen LogP contribution in [0.5, 0.6) is 0 Å². The SMILES string of the molecule is Cc1ccc(C(=O)Nc2ccc(S(=O)(=O)Nc3ccc(Cl)cc3)cc2)cc1[N+](=O)[O-]. The molecular weight excluding hydrogens is 430 g/mol. The van der Waals surface area contributed by atoms with Crippen molar-refractivity contribution < 1.29 is 18.1 Å². The Labute approximate surface area is 177 Å². The number of nitro benzene ring substituents is 1. The molecular formula is C20H16ClN3O5S. The molecule has 0 aliphatic carbocycles. The van der Waals surface area contributed by atoms with Crippen LogP contribution in [0.3, 0.4) is 0 Å². The molecule has 0 bridgehead atoms. The lowest BCUT2D eigenvalue weighted by Gasteiger charge is -2.10. The third kappa shape index (κ3) is 4.94. The highest BCUT2D eigenvalue weighted by Gasteiger charge is 2.17. The van der Waals surface area contributed by atoms with Crippen LogP contribution >= 0.6 is 11.6 Å². The summed E-state index contributed by atoms with van der Waals surface area (Å²) < 4.78 is 27.4. The predicted octanol–water partition coefficient (Wildman–Crippen LogP) is 4.61. The van der Waals surface area contributed by atoms with Gasteiger partial charge in [0.1, 0.15) is 0 Å². The Hall–Kier alpha value is -3.43. The van der Waals surface area contributed by atoms with Gasteiger partial charge in [-0.05, 0) is 61.5 Å². The van der Waals surface area contributed by atoms with Crippen LogP contribution in [-0.2, 0) is 10.0 Å². The van der Waals surface area contributed by atoms with Crippen molar-refractivity contribution in [3.05, 3.63) is 93.0 Å². The van der Waals surface area contributed by atoms with Gasteiger partial charge in [0.25, 0.3) is 21.6 Å². The molecule has 2 N–H and O–H groups in total. The van der Waals surface area contributed by atoms with Crippen LogP contribution in [0, 0.1) is 17.0 Å². The van der Waals surface area contributed by atoms with Crippen LogP contribution in [0.2, 0.25) is 5.02 Å². The molecule has 0 atom stereocenters. The van der Waals surface area contributed by atoms with Crippen LogP contribution < -0.4 is 10.0 Å². The molecule has 10 heteroatoms. The minimum absolute atomic E-state index is 0.00132. The van der Waals surface area contributed by atoms with Crippen LogP contribution in [-0.4, -0.2) is 19.2 Å². The smallest absolute Gasteiger partial charge is 0.273 e. The highest BCUT2D eigenvalue weighted by Crippen LogP contribution is 2.22. The normalized spacial score (nSPS) is 11.0. The summed E-state index contributed by atoms with van der Waals surface area (Å²) in [5.74, 6) is -0.548. The lowest BCUT2D eigenvalue weighted by molar-refractivity contribution is -0.385. The van der Waals surface area contributed by atoms with E-state index in [2.05, 4.69) is 10.0 Å². The average Bonchev–Trinajstić information content (AvgIpc) is 2.70. The van der Waals surface area contributed by atoms with Crippen molar-refractivity contribution in [3.8, 4) is 0 Å². The summed E-state index contributed by atoms with van der Waals surface area (Å²) in [5, 5.41) is 14.1. The van der Waals surface area contributed by atoms with Gasteiger partial charge < -0.3 is 5.32 Å². The first-order valence-electron chi connectivity index (χ1n) is 8.60. The van der Waals surface area contributed by atoms with E-state index in [9.17, 15) is 23.3 Å². The lowest BCUT2D eigenvalue weighted by atomic mass is 10.1. The van der Waals surface area contributed by atoms with E-state index in [4.69, 9.17) is 11.6 Å². The molecule has 3 aromatic rings. The zero-order chi connectivity index (χ0) is 21.9. The first-order chi connectivity index (χ1) is 14.2. The average molecular weight is 446 g/mol. The first kappa shape index (κ1) is 21.3. The second-order valence-electron chi connectivity index (χ2n) is 6.35. The molecule has 0 fully saturated rings. The van der Waals surface area contributed by atoms with E-state index < -0.39 is 20.9 Å². The number of carbonyl (C=O) groups excluding carboxylic acids is 1. The Balaban J connectivity index is 1.74. The fraction of sp³-hybridized carbons (Fsp3) is 0.0500. The van der Waals surface area contributed by atoms with Gasteiger partial charge in [0.2, 0.25) is 0 Å². The number of sulfonamides is 1. The van der Waals surface area contributed by atoms with Gasteiger partial charge in [0.15, 0.2) is 0 Å². The van der Waals surface area contributed by atoms with Gasteiger partial charge in [-0.3, -0.25) is 19.6 Å². The maximum Gasteiger partial charge on any atom is 0.273 e. The van der Waals surface area contributed by atoms with Crippen LogP contribution in [0.4, 0.5) is 17.1 Å². The lowest BCUT2D eigenvalue weighted by Crippen LogP contribution is -2.14. The Morgan fingerprint density at radius 1 is 0.967 bits per heavy atom. The number of hydrogen-bond acceptors (Lipinski definition) is 5. The van der Waals surface area contributed by atoms with E-state index in [0.717, 1.165) is 0 Å². The number of hydrogen-bond donors (Lipinski definition) is 2. The third-order valence-corrected chi connectivity index (χ3v) is 5.84. The molecule has 0 radical (unpaired) electrons. The van der Waals surface area contributed by atoms with E-state index in [0.29, 0.717) is 22.0 Å². The number of nitrogens with zero attached hydrogens (tertiary/aromatic N) is 1. The van der Waals surface area contributed by atoms with Gasteiger partial charge in [-0.25, -0.2) is 8.42 Å². The van der Waals surface area contributed by atoms with Crippen molar-refractivity contribution >= 4 is 44.6 Å². The fourth-order valence-corrected chi connectivity index (χ4v) is 3.78. The summed E-state index contributed by atoms with van der Waals surface area (Å²) in [5.41, 5.74) is 1.11. The van der Waals surface area contributed by atoms with Gasteiger partial charge in [-0.2, -0.15) is 0 Å². The molecule has 0 aromatic heterocycles. The standard InChI is InChI=1S/C20H16ClN3O5S/c1-13-2-3-14(12-19(13)24(26)27)20(25)22-16-8-10-18(11-9-16)30(28,29)23-17-6-4-15(21)5-7-17/h2-12,23H,1H3,(H,22,25). The van der Waals surface area contributed by atoms with Crippen molar-refractivity contribution in [3.63, 3.8) is 0 Å². The zero-order valence-electron chi connectivity index (χ0n) is 15.6. The second kappa shape index (κ2) is 8.52. The molecule has 154 valence electrons. The molecule has 30 heavy (non-hydrogen) atoms. The van der Waals surface area contributed by atoms with Crippen molar-refractivity contribution in [2.24, 2.45) is 0 Å². The fourth-order valence-electron chi connectivity index (χ4n) is 2.60. The third-order valence-electron chi connectivity index (χ3n) is 4.19. The quantitative estimate of drug-likeness (QED) is 0.424. The monoisotopic (exact) mass is 445 g/mol. The maximum absolute atomic E-state index is 12.5. The summed E-state index contributed by atoms with van der Waals surface area (Å²) in [7, 11) is -3.82. The zero-order valence-corrected chi connectivity index (χ0v) is 17.2. The number of halogens is 1. The van der Waals surface area contributed by atoms with Crippen molar-refractivity contribution in [1.29, 1.82) is 0 Å². The topological polar surface area (TPSA) is 118 Å². The van der Waals surface area contributed by atoms with E-state index in [1.807, 2.05) is 0 Å². The van der Waals surface area contributed by atoms with E-state index >= 15 is 0 Å². The molecule has 0 saturated carbocycles. The van der Waals surface area contributed by atoms with Crippen molar-refractivity contribution in [2.75, 3.05) is 10.0 Å². The molecule has 1 amide bonds. The molecule has 0 heterocycles. The number of anilines is 2. The Kier molecular flexibility index (Phi) is 6.04. The number of nitro groups is 1. The van der Waals surface area contributed by atoms with Gasteiger partial charge in [0.05, 0.1) is 9.82 Å². The van der Waals surface area contributed by atoms with Gasteiger partial charge >= 0.3 is 0 Å². The van der Waals surface area contributed by atoms with E-state index in [1.54, 1.807) is 19.1 Å². The molecule has 0 spiro atoms. The highest BCUT2D eigenvalue weighted by atomic mass is 35.5. The molecule has 3 rings (SSSR count). The number of aryl methyl sites for hydroxylation is 1. The number of amides is 1. The second-order valence-corrected chi connectivity index (χ2v) is 8.47. The van der Waals surface area contributed by atoms with Gasteiger partial charge in [-0.1, -0.05) is 17.7 Å². The largest absolute Gasteiger partial charge is 0.322 e. The number of benzene rings is 3. The summed E-state index contributed by atoms with van der Waals surface area (Å²) in [4.78, 5) is 22.9. The van der Waals surface area contributed by atoms with Crippen LogP contribution in [0.25, 0.3) is 0 Å². The van der Waals surface area contributed by atoms with Gasteiger partial charge in [0, 0.05) is 33.6 Å².